The van der Waals surface area contributed by atoms with Crippen LogP contribution in [-0.4, -0.2) is 45.2 Å². The van der Waals surface area contributed by atoms with Gasteiger partial charge in [0.1, 0.15) is 5.25 Å². The summed E-state index contributed by atoms with van der Waals surface area (Å²) in [5.41, 5.74) is 1.90. The number of thioether (sulfide) groups is 1. The van der Waals surface area contributed by atoms with E-state index in [0.717, 1.165) is 11.3 Å². The van der Waals surface area contributed by atoms with Crippen molar-refractivity contribution in [2.75, 3.05) is 13.1 Å². The van der Waals surface area contributed by atoms with E-state index in [1.807, 2.05) is 49.6 Å². The fraction of sp³-hybridized carbons (Fsp3) is 0.333. The van der Waals surface area contributed by atoms with Gasteiger partial charge in [0.05, 0.1) is 5.69 Å². The molecule has 0 bridgehead atoms. The van der Waals surface area contributed by atoms with Gasteiger partial charge in [-0.1, -0.05) is 42.1 Å². The molecule has 6 nitrogen and oxygen atoms in total. The molecule has 0 saturated carbocycles. The molecule has 1 aliphatic heterocycles. The Labute approximate surface area is 160 Å². The Kier molecular flexibility index (Phi) is 6.05. The van der Waals surface area contributed by atoms with Crippen LogP contribution in [0.1, 0.15) is 20.3 Å². The zero-order valence-corrected chi connectivity index (χ0v) is 16.3. The number of nitrogens with zero attached hydrogens (tertiary/aromatic N) is 3. The Morgan fingerprint density at radius 3 is 2.77 bits per heavy atom. The van der Waals surface area contributed by atoms with Gasteiger partial charge in [-0.3, -0.25) is 14.5 Å². The summed E-state index contributed by atoms with van der Waals surface area (Å²) in [5.74, 6) is -0.182. The van der Waals surface area contributed by atoms with Crippen LogP contribution < -0.4 is 5.32 Å². The van der Waals surface area contributed by atoms with Crippen LogP contribution in [0, 0.1) is 0 Å². The predicted molar refractivity (Wildman–Crippen MR) is 107 cm³/mol. The normalized spacial score (nSPS) is 18.5. The molecule has 1 aromatic heterocycles. The van der Waals surface area contributed by atoms with Gasteiger partial charge in [-0.05, 0) is 13.8 Å². The Bertz CT molecular complexity index is 820. The maximum absolute atomic E-state index is 12.5. The first-order valence-corrected chi connectivity index (χ1v) is 10.2. The summed E-state index contributed by atoms with van der Waals surface area (Å²) in [7, 11) is 0. The van der Waals surface area contributed by atoms with Crippen molar-refractivity contribution in [2.45, 2.75) is 25.5 Å². The number of rotatable bonds is 6. The smallest absolute Gasteiger partial charge is 0.242 e. The minimum absolute atomic E-state index is 0.0673. The monoisotopic (exact) mass is 388 g/mol. The van der Waals surface area contributed by atoms with Gasteiger partial charge in [-0.2, -0.15) is 4.99 Å². The van der Waals surface area contributed by atoms with Crippen molar-refractivity contribution in [3.8, 4) is 11.3 Å². The fourth-order valence-electron chi connectivity index (χ4n) is 2.59. The number of amidine groups is 1. The molecular formula is C18H20N4O2S2. The van der Waals surface area contributed by atoms with Crippen LogP contribution in [0.5, 0.6) is 0 Å². The zero-order chi connectivity index (χ0) is 18.5. The van der Waals surface area contributed by atoms with Crippen molar-refractivity contribution in [2.24, 2.45) is 4.99 Å². The van der Waals surface area contributed by atoms with Crippen LogP contribution in [-0.2, 0) is 9.59 Å². The number of hydrogen-bond acceptors (Lipinski definition) is 6. The van der Waals surface area contributed by atoms with Gasteiger partial charge in [0, 0.05) is 30.5 Å². The molecule has 8 heteroatoms. The number of carbonyl (C=O) groups excluding carboxylic acids is 2. The largest absolute Gasteiger partial charge is 0.356 e. The third kappa shape index (κ3) is 4.13. The van der Waals surface area contributed by atoms with Crippen molar-refractivity contribution in [3.63, 3.8) is 0 Å². The molecule has 2 amide bonds. The van der Waals surface area contributed by atoms with E-state index in [9.17, 15) is 9.59 Å². The van der Waals surface area contributed by atoms with Crippen LogP contribution in [0.15, 0.2) is 40.7 Å². The highest BCUT2D eigenvalue weighted by Gasteiger charge is 2.38. The minimum atomic E-state index is -0.422. The van der Waals surface area contributed by atoms with E-state index in [4.69, 9.17) is 0 Å². The molecule has 0 aliphatic carbocycles. The van der Waals surface area contributed by atoms with Crippen molar-refractivity contribution in [1.29, 1.82) is 0 Å². The maximum Gasteiger partial charge on any atom is 0.242 e. The van der Waals surface area contributed by atoms with Crippen LogP contribution in [0.2, 0.25) is 0 Å². The van der Waals surface area contributed by atoms with Gasteiger partial charge in [0.25, 0.3) is 0 Å². The molecule has 0 spiro atoms. The third-order valence-corrected chi connectivity index (χ3v) is 5.74. The fourth-order valence-corrected chi connectivity index (χ4v) is 4.55. The molecule has 1 N–H and O–H groups in total. The summed E-state index contributed by atoms with van der Waals surface area (Å²) < 4.78 is 0. The molecule has 1 atom stereocenters. The van der Waals surface area contributed by atoms with Crippen LogP contribution >= 0.6 is 23.1 Å². The number of aliphatic imine (C=N–C) groups is 1. The van der Waals surface area contributed by atoms with Gasteiger partial charge >= 0.3 is 0 Å². The van der Waals surface area contributed by atoms with E-state index in [1.165, 1.54) is 23.1 Å². The molecule has 2 aromatic rings. The number of thiazole rings is 1. The summed E-state index contributed by atoms with van der Waals surface area (Å²) in [5, 5.41) is 5.49. The third-order valence-electron chi connectivity index (χ3n) is 3.83. The summed E-state index contributed by atoms with van der Waals surface area (Å²) in [4.78, 5) is 35.1. The summed E-state index contributed by atoms with van der Waals surface area (Å²) in [6.07, 6.45) is 0.167. The number of amides is 2. The predicted octanol–water partition coefficient (Wildman–Crippen LogP) is 3.29. The van der Waals surface area contributed by atoms with Crippen LogP contribution in [0.4, 0.5) is 5.13 Å². The van der Waals surface area contributed by atoms with Crippen molar-refractivity contribution in [3.05, 3.63) is 35.7 Å². The second kappa shape index (κ2) is 8.46. The highest BCUT2D eigenvalue weighted by atomic mass is 32.2. The van der Waals surface area contributed by atoms with Crippen LogP contribution in [0.3, 0.4) is 0 Å². The van der Waals surface area contributed by atoms with Crippen molar-refractivity contribution >= 4 is 45.2 Å². The zero-order valence-electron chi connectivity index (χ0n) is 14.6. The molecule has 1 aromatic carbocycles. The SMILES string of the molecule is CCNC(=O)CC1S/C(=N/c2nc(-c3ccccc3)cs2)N(CC)C1=O. The highest BCUT2D eigenvalue weighted by Crippen LogP contribution is 2.33. The first kappa shape index (κ1) is 18.6. The molecular weight excluding hydrogens is 368 g/mol. The summed E-state index contributed by atoms with van der Waals surface area (Å²) in [6.45, 7) is 4.84. The minimum Gasteiger partial charge on any atom is -0.356 e. The maximum atomic E-state index is 12.5. The number of benzene rings is 1. The lowest BCUT2D eigenvalue weighted by atomic mass is 10.2. The quantitative estimate of drug-likeness (QED) is 0.824. The molecule has 1 saturated heterocycles. The van der Waals surface area contributed by atoms with Crippen molar-refractivity contribution in [1.82, 2.24) is 15.2 Å². The second-order valence-corrected chi connectivity index (χ2v) is 7.63. The summed E-state index contributed by atoms with van der Waals surface area (Å²) >= 11 is 2.78. The van der Waals surface area contributed by atoms with Gasteiger partial charge in [0.2, 0.25) is 16.9 Å². The topological polar surface area (TPSA) is 74.7 Å². The Hall–Kier alpha value is -2.19. The highest BCUT2D eigenvalue weighted by molar-refractivity contribution is 8.15. The Balaban J connectivity index is 1.78. The van der Waals surface area contributed by atoms with Gasteiger partial charge in [0.15, 0.2) is 5.17 Å². The van der Waals surface area contributed by atoms with Crippen molar-refractivity contribution < 1.29 is 9.59 Å². The molecule has 0 radical (unpaired) electrons. The van der Waals surface area contributed by atoms with Crippen LogP contribution in [0.25, 0.3) is 11.3 Å². The Morgan fingerprint density at radius 1 is 1.31 bits per heavy atom. The van der Waals surface area contributed by atoms with Gasteiger partial charge in [-0.15, -0.1) is 11.3 Å². The number of aromatic nitrogens is 1. The van der Waals surface area contributed by atoms with E-state index in [2.05, 4.69) is 15.3 Å². The lowest BCUT2D eigenvalue weighted by Crippen LogP contribution is -2.34. The molecule has 1 aliphatic rings. The molecule has 1 unspecified atom stereocenters. The molecule has 26 heavy (non-hydrogen) atoms. The lowest BCUT2D eigenvalue weighted by Gasteiger charge is -2.12. The Morgan fingerprint density at radius 2 is 2.08 bits per heavy atom. The van der Waals surface area contributed by atoms with Gasteiger partial charge < -0.3 is 5.32 Å². The lowest BCUT2D eigenvalue weighted by molar-refractivity contribution is -0.129. The summed E-state index contributed by atoms with van der Waals surface area (Å²) in [6, 6.07) is 9.90. The molecule has 3 rings (SSSR count). The standard InChI is InChI=1S/C18H20N4O2S2/c1-3-19-15(23)10-14-16(24)22(4-2)18(26-14)21-17-20-13(11-25-17)12-8-6-5-7-9-12/h5-9,11,14H,3-4,10H2,1-2H3,(H,19,23)/b21-18+. The van der Waals surface area contributed by atoms with E-state index in [-0.39, 0.29) is 18.2 Å². The number of hydrogen-bond donors (Lipinski definition) is 1. The first-order valence-electron chi connectivity index (χ1n) is 8.46. The average Bonchev–Trinajstić information content (AvgIpc) is 3.21. The van der Waals surface area contributed by atoms with Gasteiger partial charge in [-0.25, -0.2) is 4.98 Å². The van der Waals surface area contributed by atoms with E-state index in [1.54, 1.807) is 4.90 Å². The average molecular weight is 389 g/mol. The van der Waals surface area contributed by atoms with E-state index in [0.29, 0.717) is 23.4 Å². The number of nitrogens with one attached hydrogen (secondary N) is 1. The molecule has 2 heterocycles. The number of carbonyl (C=O) groups is 2. The molecule has 1 fully saturated rings. The molecule has 136 valence electrons. The second-order valence-electron chi connectivity index (χ2n) is 5.62. The van der Waals surface area contributed by atoms with E-state index < -0.39 is 5.25 Å². The first-order chi connectivity index (χ1) is 12.6. The van der Waals surface area contributed by atoms with E-state index >= 15 is 0 Å².